The van der Waals surface area contributed by atoms with Gasteiger partial charge < -0.3 is 4.74 Å². The fourth-order valence-electron chi connectivity index (χ4n) is 1.15. The van der Waals surface area contributed by atoms with E-state index in [1.54, 1.807) is 7.11 Å². The third kappa shape index (κ3) is 5.99. The molecule has 0 fully saturated rings. The second-order valence-corrected chi connectivity index (χ2v) is 10.0. The Balaban J connectivity index is 2.61. The Morgan fingerprint density at radius 1 is 1.06 bits per heavy atom. The third-order valence-electron chi connectivity index (χ3n) is 2.10. The smallest absolute Gasteiger partial charge is 0.118 e. The van der Waals surface area contributed by atoms with Gasteiger partial charge in [-0.25, -0.2) is 0 Å². The lowest BCUT2D eigenvalue weighted by atomic mass is 10.2. The van der Waals surface area contributed by atoms with Crippen LogP contribution in [0.5, 0.6) is 5.75 Å². The van der Waals surface area contributed by atoms with E-state index < -0.39 is 8.07 Å². The van der Waals surface area contributed by atoms with Crippen molar-refractivity contribution >= 4 is 8.07 Å². The number of benzene rings is 1. The van der Waals surface area contributed by atoms with Crippen molar-refractivity contribution in [1.82, 2.24) is 0 Å². The zero-order valence-corrected chi connectivity index (χ0v) is 12.4. The van der Waals surface area contributed by atoms with Crippen LogP contribution in [0.3, 0.4) is 0 Å². The fraction of sp³-hybridized carbons (Fsp3) is 0.250. The van der Waals surface area contributed by atoms with E-state index in [1.807, 2.05) is 30.3 Å². The standard InChI is InChI=1S/C16H18OSi/c1-17-16-12-10-15(11-13-16)9-7-5-6-8-14-18(2,3)4/h8,10-14H,1-4H3. The Labute approximate surface area is 111 Å². The molecule has 1 aromatic carbocycles. The second kappa shape index (κ2) is 6.74. The Morgan fingerprint density at radius 2 is 1.72 bits per heavy atom. The lowest BCUT2D eigenvalue weighted by Gasteiger charge is -2.05. The normalized spacial score (nSPS) is 10.2. The van der Waals surface area contributed by atoms with E-state index in [-0.39, 0.29) is 0 Å². The van der Waals surface area contributed by atoms with Gasteiger partial charge in [0.05, 0.1) is 15.2 Å². The summed E-state index contributed by atoms with van der Waals surface area (Å²) in [6.07, 6.45) is 1.91. The first-order valence-corrected chi connectivity index (χ1v) is 9.42. The van der Waals surface area contributed by atoms with Crippen LogP contribution in [0, 0.1) is 23.7 Å². The lowest BCUT2D eigenvalue weighted by Crippen LogP contribution is -2.14. The first-order valence-electron chi connectivity index (χ1n) is 5.84. The highest BCUT2D eigenvalue weighted by molar-refractivity contribution is 6.81. The topological polar surface area (TPSA) is 9.23 Å². The monoisotopic (exact) mass is 254 g/mol. The van der Waals surface area contributed by atoms with Crippen LogP contribution in [0.1, 0.15) is 5.56 Å². The zero-order valence-electron chi connectivity index (χ0n) is 11.4. The molecule has 18 heavy (non-hydrogen) atoms. The van der Waals surface area contributed by atoms with Gasteiger partial charge in [-0.15, -0.1) is 0 Å². The van der Waals surface area contributed by atoms with Crippen LogP contribution >= 0.6 is 0 Å². The summed E-state index contributed by atoms with van der Waals surface area (Å²) in [4.78, 5) is 0. The number of allylic oxidation sites excluding steroid dienone is 1. The van der Waals surface area contributed by atoms with Crippen molar-refractivity contribution < 1.29 is 4.74 Å². The number of hydrogen-bond donors (Lipinski definition) is 0. The number of rotatable bonds is 2. The molecule has 92 valence electrons. The summed E-state index contributed by atoms with van der Waals surface area (Å²) in [5.74, 6) is 12.4. The van der Waals surface area contributed by atoms with Gasteiger partial charge in [0.1, 0.15) is 5.75 Å². The fourth-order valence-corrected chi connectivity index (χ4v) is 1.73. The van der Waals surface area contributed by atoms with Crippen molar-refractivity contribution in [1.29, 1.82) is 0 Å². The van der Waals surface area contributed by atoms with Gasteiger partial charge in [0, 0.05) is 5.56 Å². The highest BCUT2D eigenvalue weighted by atomic mass is 28.3. The van der Waals surface area contributed by atoms with Gasteiger partial charge in [0.15, 0.2) is 0 Å². The maximum absolute atomic E-state index is 5.08. The largest absolute Gasteiger partial charge is 0.497 e. The molecule has 0 aromatic heterocycles. The summed E-state index contributed by atoms with van der Waals surface area (Å²) in [5, 5.41) is 0. The van der Waals surface area contributed by atoms with Gasteiger partial charge in [0.2, 0.25) is 0 Å². The highest BCUT2D eigenvalue weighted by Crippen LogP contribution is 2.09. The predicted octanol–water partition coefficient (Wildman–Crippen LogP) is 3.48. The Kier molecular flexibility index (Phi) is 5.30. The average Bonchev–Trinajstić information content (AvgIpc) is 2.33. The summed E-state index contributed by atoms with van der Waals surface area (Å²) in [6, 6.07) is 7.63. The van der Waals surface area contributed by atoms with Gasteiger partial charge in [0.25, 0.3) is 0 Å². The summed E-state index contributed by atoms with van der Waals surface area (Å²) in [7, 11) is 0.513. The van der Waals surface area contributed by atoms with Crippen LogP contribution in [-0.2, 0) is 0 Å². The van der Waals surface area contributed by atoms with Crippen molar-refractivity contribution in [2.45, 2.75) is 19.6 Å². The minimum Gasteiger partial charge on any atom is -0.497 e. The summed E-state index contributed by atoms with van der Waals surface area (Å²) in [5.41, 5.74) is 3.15. The molecule has 0 aliphatic heterocycles. The highest BCUT2D eigenvalue weighted by Gasteiger charge is 2.05. The summed E-state index contributed by atoms with van der Waals surface area (Å²) < 4.78 is 5.08. The summed E-state index contributed by atoms with van der Waals surface area (Å²) in [6.45, 7) is 6.82. The molecule has 1 rings (SSSR count). The van der Waals surface area contributed by atoms with Crippen molar-refractivity contribution in [3.8, 4) is 29.4 Å². The van der Waals surface area contributed by atoms with E-state index in [2.05, 4.69) is 49.0 Å². The maximum atomic E-state index is 5.08. The quantitative estimate of drug-likeness (QED) is 0.580. The Bertz CT molecular complexity index is 525. The predicted molar refractivity (Wildman–Crippen MR) is 80.1 cm³/mol. The Hall–Kier alpha value is -1.90. The molecule has 0 radical (unpaired) electrons. The van der Waals surface area contributed by atoms with Crippen LogP contribution < -0.4 is 4.74 Å². The van der Waals surface area contributed by atoms with Crippen molar-refractivity contribution in [2.75, 3.05) is 7.11 Å². The molecule has 0 saturated carbocycles. The minimum absolute atomic E-state index is 0.838. The number of methoxy groups -OCH3 is 1. The van der Waals surface area contributed by atoms with E-state index in [0.717, 1.165) is 11.3 Å². The molecule has 0 heterocycles. The van der Waals surface area contributed by atoms with E-state index in [0.29, 0.717) is 0 Å². The van der Waals surface area contributed by atoms with Crippen LogP contribution in [0.2, 0.25) is 19.6 Å². The van der Waals surface area contributed by atoms with Gasteiger partial charge in [-0.3, -0.25) is 0 Å². The van der Waals surface area contributed by atoms with E-state index in [9.17, 15) is 0 Å². The van der Waals surface area contributed by atoms with Gasteiger partial charge >= 0.3 is 0 Å². The first kappa shape index (κ1) is 14.2. The van der Waals surface area contributed by atoms with Crippen molar-refractivity contribution in [2.24, 2.45) is 0 Å². The number of hydrogen-bond acceptors (Lipinski definition) is 1. The van der Waals surface area contributed by atoms with Crippen LogP contribution in [0.25, 0.3) is 0 Å². The molecule has 0 aliphatic rings. The van der Waals surface area contributed by atoms with Crippen molar-refractivity contribution in [3.05, 3.63) is 41.6 Å². The Morgan fingerprint density at radius 3 is 2.28 bits per heavy atom. The van der Waals surface area contributed by atoms with Gasteiger partial charge in [-0.2, -0.15) is 0 Å². The van der Waals surface area contributed by atoms with E-state index in [1.165, 1.54) is 0 Å². The molecule has 0 aliphatic carbocycles. The maximum Gasteiger partial charge on any atom is 0.118 e. The molecular formula is C16H18OSi. The third-order valence-corrected chi connectivity index (χ3v) is 3.26. The van der Waals surface area contributed by atoms with E-state index in [4.69, 9.17) is 4.74 Å². The van der Waals surface area contributed by atoms with Crippen LogP contribution in [0.4, 0.5) is 0 Å². The average molecular weight is 254 g/mol. The minimum atomic E-state index is -1.14. The zero-order chi connectivity index (χ0) is 13.4. The molecule has 1 aromatic rings. The molecule has 0 spiro atoms. The molecule has 0 saturated heterocycles. The summed E-state index contributed by atoms with van der Waals surface area (Å²) >= 11 is 0. The van der Waals surface area contributed by atoms with Crippen molar-refractivity contribution in [3.63, 3.8) is 0 Å². The molecule has 0 atom stereocenters. The molecule has 0 unspecified atom stereocenters. The van der Waals surface area contributed by atoms with E-state index >= 15 is 0 Å². The van der Waals surface area contributed by atoms with Crippen LogP contribution in [0.15, 0.2) is 36.0 Å². The molecule has 2 heteroatoms. The van der Waals surface area contributed by atoms with Gasteiger partial charge in [-0.1, -0.05) is 37.2 Å². The second-order valence-electron chi connectivity index (χ2n) is 4.95. The number of ether oxygens (including phenoxy) is 1. The van der Waals surface area contributed by atoms with Crippen LogP contribution in [-0.4, -0.2) is 15.2 Å². The lowest BCUT2D eigenvalue weighted by molar-refractivity contribution is 0.415. The molecular weight excluding hydrogens is 236 g/mol. The molecule has 1 nitrogen and oxygen atoms in total. The molecule has 0 amide bonds. The van der Waals surface area contributed by atoms with Gasteiger partial charge in [-0.05, 0) is 42.2 Å². The first-order chi connectivity index (χ1) is 8.51. The molecule has 0 bridgehead atoms. The molecule has 0 N–H and O–H groups in total. The SMILES string of the molecule is COc1ccc(C#CC#CC=C[Si](C)(C)C)cc1.